The lowest BCUT2D eigenvalue weighted by molar-refractivity contribution is 0.00366. The summed E-state index contributed by atoms with van der Waals surface area (Å²) in [6, 6.07) is 0. The molecule has 2 fully saturated rings. The number of rotatable bonds is 12. The van der Waals surface area contributed by atoms with Crippen molar-refractivity contribution in [1.82, 2.24) is 0 Å². The second-order valence-corrected chi connectivity index (χ2v) is 20.0. The van der Waals surface area contributed by atoms with E-state index in [1.165, 1.54) is 0 Å². The molecule has 0 spiro atoms. The van der Waals surface area contributed by atoms with Gasteiger partial charge >= 0.3 is 8.75 Å². The lowest BCUT2D eigenvalue weighted by Crippen LogP contribution is -2.47. The van der Waals surface area contributed by atoms with E-state index in [0.29, 0.717) is 38.5 Å². The minimum Gasteiger partial charge on any atom is -0.359 e. The van der Waals surface area contributed by atoms with Crippen LogP contribution in [0.2, 0.25) is 0 Å². The largest absolute Gasteiger partial charge is 0.496 e. The van der Waals surface area contributed by atoms with E-state index in [4.69, 9.17) is 0 Å². The van der Waals surface area contributed by atoms with Crippen molar-refractivity contribution in [2.75, 3.05) is 0 Å². The van der Waals surface area contributed by atoms with Crippen LogP contribution in [0.15, 0.2) is 0 Å². The summed E-state index contributed by atoms with van der Waals surface area (Å²) >= 11 is 0. The van der Waals surface area contributed by atoms with Crippen molar-refractivity contribution in [2.24, 2.45) is 0 Å². The summed E-state index contributed by atoms with van der Waals surface area (Å²) in [7, 11) is -20.5. The van der Waals surface area contributed by atoms with E-state index >= 15 is 0 Å². The fraction of sp³-hybridized carbons (Fsp3) is 0.917. The Morgan fingerprint density at radius 2 is 0.950 bits per heavy atom. The standard InChI is InChI=1S/C24H42N4O8S4/c1-2-3-4-5-6-7-14-19-22(39(33,34)23(27-25)37(29,30)20-15-10-8-11-16-20)40(35,36)24(28-26)38(31,32)21-17-12-9-13-18-21/h20-22H,2-19H2,1H3. The Balaban J connectivity index is 2.53. The maximum atomic E-state index is 13.7. The summed E-state index contributed by atoms with van der Waals surface area (Å²) in [6.45, 7) is 2.05. The maximum absolute atomic E-state index is 13.7. The Hall–Kier alpha value is -1.44. The minimum absolute atomic E-state index is 0.0135. The molecule has 12 nitrogen and oxygen atoms in total. The van der Waals surface area contributed by atoms with Gasteiger partial charge in [0.2, 0.25) is 0 Å². The monoisotopic (exact) mass is 642 g/mol. The fourth-order valence-electron chi connectivity index (χ4n) is 5.56. The molecule has 0 heterocycles. The zero-order chi connectivity index (χ0) is 30.0. The number of unbranched alkanes of at least 4 members (excludes halogenated alkanes) is 6. The second kappa shape index (κ2) is 15.2. The van der Waals surface area contributed by atoms with Crippen molar-refractivity contribution >= 4 is 48.1 Å². The molecule has 230 valence electrons. The van der Waals surface area contributed by atoms with E-state index in [1.54, 1.807) is 0 Å². The van der Waals surface area contributed by atoms with Crippen LogP contribution in [0.4, 0.5) is 0 Å². The van der Waals surface area contributed by atoms with E-state index in [0.717, 1.165) is 38.5 Å². The fourth-order valence-corrected chi connectivity index (χ4v) is 16.2. The molecule has 2 aliphatic carbocycles. The zero-order valence-electron chi connectivity index (χ0n) is 23.1. The third-order valence-corrected chi connectivity index (χ3v) is 19.0. The van der Waals surface area contributed by atoms with Crippen molar-refractivity contribution in [1.29, 1.82) is 0 Å². The van der Waals surface area contributed by atoms with Crippen LogP contribution in [-0.4, -0.2) is 67.1 Å². The first-order chi connectivity index (χ1) is 18.8. The number of sulfone groups is 4. The van der Waals surface area contributed by atoms with Crippen LogP contribution in [0.5, 0.6) is 0 Å². The normalized spacial score (nSPS) is 18.9. The van der Waals surface area contributed by atoms with Crippen LogP contribution in [0.3, 0.4) is 0 Å². The molecule has 0 atom stereocenters. The summed E-state index contributed by atoms with van der Waals surface area (Å²) in [5, 5.41) is -2.36. The van der Waals surface area contributed by atoms with Gasteiger partial charge in [-0.15, -0.1) is 9.58 Å². The van der Waals surface area contributed by atoms with E-state index in [1.807, 2.05) is 6.92 Å². The van der Waals surface area contributed by atoms with Crippen LogP contribution in [-0.2, 0) is 39.3 Å². The van der Waals surface area contributed by atoms with Gasteiger partial charge in [-0.1, -0.05) is 90.4 Å². The van der Waals surface area contributed by atoms with Crippen LogP contribution < -0.4 is 0 Å². The third-order valence-electron chi connectivity index (χ3n) is 7.85. The summed E-state index contributed by atoms with van der Waals surface area (Å²) in [5.74, 6) is 0. The summed E-state index contributed by atoms with van der Waals surface area (Å²) in [4.78, 5) is 5.16. The van der Waals surface area contributed by atoms with Crippen LogP contribution in [0, 0.1) is 0 Å². The van der Waals surface area contributed by atoms with Crippen molar-refractivity contribution in [3.63, 3.8) is 0 Å². The first-order valence-electron chi connectivity index (χ1n) is 14.2. The topological polar surface area (TPSA) is 209 Å². The molecule has 2 rings (SSSR count). The molecule has 0 aromatic carbocycles. The zero-order valence-corrected chi connectivity index (χ0v) is 26.4. The highest BCUT2D eigenvalue weighted by atomic mass is 32.3. The molecule has 16 heteroatoms. The predicted octanol–water partition coefficient (Wildman–Crippen LogP) is 3.95. The number of hydrogen-bond donors (Lipinski definition) is 0. The van der Waals surface area contributed by atoms with Gasteiger partial charge < -0.3 is 11.1 Å². The van der Waals surface area contributed by atoms with Gasteiger partial charge in [-0.05, 0) is 32.1 Å². The Kier molecular flexibility index (Phi) is 13.2. The van der Waals surface area contributed by atoms with Gasteiger partial charge in [-0.2, -0.15) is 0 Å². The Morgan fingerprint density at radius 3 is 1.30 bits per heavy atom. The predicted molar refractivity (Wildman–Crippen MR) is 153 cm³/mol. The van der Waals surface area contributed by atoms with Gasteiger partial charge in [-0.25, -0.2) is 33.7 Å². The lowest BCUT2D eigenvalue weighted by Gasteiger charge is -2.22. The second-order valence-electron chi connectivity index (χ2n) is 10.8. The van der Waals surface area contributed by atoms with Crippen molar-refractivity contribution < 1.29 is 43.3 Å². The SMILES string of the molecule is CCCCCCCCCC(S(=O)(=O)C(=[N+]=[N-])S(=O)(=O)C1CCCCC1)S(=O)(=O)C(=[N+]=[N-])S(=O)(=O)C1CCCCC1. The molecule has 0 aromatic rings. The average molecular weight is 643 g/mol. The summed E-state index contributed by atoms with van der Waals surface area (Å²) in [5.41, 5.74) is 19.3. The number of hydrogen-bond acceptors (Lipinski definition) is 8. The van der Waals surface area contributed by atoms with Gasteiger partial charge in [0.25, 0.3) is 39.3 Å². The Labute approximate surface area is 239 Å². The molecular weight excluding hydrogens is 601 g/mol. The lowest BCUT2D eigenvalue weighted by atomic mass is 10.0. The minimum atomic E-state index is -5.46. The molecule has 0 saturated heterocycles. The Bertz CT molecular complexity index is 1300. The van der Waals surface area contributed by atoms with Gasteiger partial charge in [-0.3, -0.25) is 0 Å². The molecule has 0 radical (unpaired) electrons. The third kappa shape index (κ3) is 8.10. The summed E-state index contributed by atoms with van der Waals surface area (Å²) in [6.07, 6.45) is 8.19. The van der Waals surface area contributed by atoms with E-state index < -0.39 is 69.6 Å². The molecule has 2 saturated carbocycles. The molecule has 0 bridgehead atoms. The van der Waals surface area contributed by atoms with E-state index in [2.05, 4.69) is 9.58 Å². The van der Waals surface area contributed by atoms with Crippen molar-refractivity contribution in [3.05, 3.63) is 11.1 Å². The average Bonchev–Trinajstić information content (AvgIpc) is 2.91. The van der Waals surface area contributed by atoms with Crippen LogP contribution in [0.1, 0.15) is 122 Å². The summed E-state index contributed by atoms with van der Waals surface area (Å²) < 4.78 is 102. The molecule has 0 unspecified atom stereocenters. The molecule has 0 amide bonds. The van der Waals surface area contributed by atoms with Crippen LogP contribution >= 0.6 is 0 Å². The van der Waals surface area contributed by atoms with E-state index in [9.17, 15) is 44.7 Å². The first-order valence-corrected chi connectivity index (χ1v) is 20.4. The molecule has 40 heavy (non-hydrogen) atoms. The van der Waals surface area contributed by atoms with Gasteiger partial charge in [0, 0.05) is 0 Å². The quantitative estimate of drug-likeness (QED) is 0.0997. The highest BCUT2D eigenvalue weighted by molar-refractivity contribution is 8.40. The smallest absolute Gasteiger partial charge is 0.359 e. The number of nitrogens with zero attached hydrogens (tertiary/aromatic N) is 4. The molecule has 2 aliphatic rings. The van der Waals surface area contributed by atoms with Gasteiger partial charge in [0.05, 0.1) is 10.5 Å². The van der Waals surface area contributed by atoms with Crippen molar-refractivity contribution in [3.8, 4) is 0 Å². The molecular formula is C24H42N4O8S4. The Morgan fingerprint density at radius 1 is 0.600 bits per heavy atom. The van der Waals surface area contributed by atoms with Crippen molar-refractivity contribution in [2.45, 2.75) is 138 Å². The highest BCUT2D eigenvalue weighted by Gasteiger charge is 2.59. The van der Waals surface area contributed by atoms with E-state index in [-0.39, 0.29) is 32.1 Å². The van der Waals surface area contributed by atoms with Gasteiger partial charge in [0.1, 0.15) is 0 Å². The molecule has 0 aromatic heterocycles. The van der Waals surface area contributed by atoms with Crippen LogP contribution in [0.25, 0.3) is 11.1 Å². The first kappa shape index (κ1) is 34.8. The molecule has 0 aliphatic heterocycles. The maximum Gasteiger partial charge on any atom is 0.496 e. The molecule has 0 N–H and O–H groups in total. The highest BCUT2D eigenvalue weighted by Crippen LogP contribution is 2.32. The van der Waals surface area contributed by atoms with Gasteiger partial charge in [0.15, 0.2) is 4.58 Å².